The van der Waals surface area contributed by atoms with Crippen LogP contribution in [-0.4, -0.2) is 35.1 Å². The van der Waals surface area contributed by atoms with Gasteiger partial charge in [0.2, 0.25) is 0 Å². The molecule has 2 amide bonds. The summed E-state index contributed by atoms with van der Waals surface area (Å²) in [5.41, 5.74) is 2.74. The van der Waals surface area contributed by atoms with Crippen molar-refractivity contribution in [2.75, 3.05) is 0 Å². The maximum absolute atomic E-state index is 12.5. The number of urea groups is 1. The van der Waals surface area contributed by atoms with Gasteiger partial charge in [-0.25, -0.2) is 4.79 Å². The third-order valence-electron chi connectivity index (χ3n) is 6.89. The second-order valence-electron chi connectivity index (χ2n) is 9.02. The summed E-state index contributed by atoms with van der Waals surface area (Å²) in [6.45, 7) is 3.20. The molecule has 2 aliphatic heterocycles. The van der Waals surface area contributed by atoms with E-state index in [1.807, 2.05) is 0 Å². The number of nitrogens with one attached hydrogen (secondary N) is 2. The first-order valence-corrected chi connectivity index (χ1v) is 11.1. The SMILES string of the molecule is Cc1ccc(CN2[C@@H]3CCC[C@H]2CC(NC(=O)NC2CCCCC2)C3)cc1. The number of benzene rings is 1. The van der Waals surface area contributed by atoms with Crippen LogP contribution >= 0.6 is 0 Å². The van der Waals surface area contributed by atoms with E-state index in [1.54, 1.807) is 0 Å². The highest BCUT2D eigenvalue weighted by atomic mass is 16.2. The summed E-state index contributed by atoms with van der Waals surface area (Å²) >= 11 is 0. The molecule has 2 heterocycles. The summed E-state index contributed by atoms with van der Waals surface area (Å²) in [5, 5.41) is 6.53. The Morgan fingerprint density at radius 3 is 2.19 bits per heavy atom. The van der Waals surface area contributed by atoms with Crippen LogP contribution in [0.15, 0.2) is 24.3 Å². The lowest BCUT2D eigenvalue weighted by atomic mass is 9.81. The minimum atomic E-state index is 0.0666. The first kappa shape index (κ1) is 18.8. The van der Waals surface area contributed by atoms with Gasteiger partial charge < -0.3 is 10.6 Å². The average molecular weight is 370 g/mol. The zero-order valence-corrected chi connectivity index (χ0v) is 16.8. The number of hydrogen-bond acceptors (Lipinski definition) is 2. The number of amides is 2. The van der Waals surface area contributed by atoms with Gasteiger partial charge in [-0.2, -0.15) is 0 Å². The number of hydrogen-bond donors (Lipinski definition) is 2. The minimum Gasteiger partial charge on any atom is -0.335 e. The van der Waals surface area contributed by atoms with Crippen molar-refractivity contribution in [3.05, 3.63) is 35.4 Å². The van der Waals surface area contributed by atoms with Gasteiger partial charge in [0, 0.05) is 30.7 Å². The fourth-order valence-electron chi connectivity index (χ4n) is 5.42. The van der Waals surface area contributed by atoms with Crippen LogP contribution < -0.4 is 10.6 Å². The highest BCUT2D eigenvalue weighted by Crippen LogP contribution is 2.35. The highest BCUT2D eigenvalue weighted by Gasteiger charge is 2.38. The van der Waals surface area contributed by atoms with Crippen molar-refractivity contribution in [2.45, 2.75) is 102 Å². The van der Waals surface area contributed by atoms with Crippen LogP contribution in [0.2, 0.25) is 0 Å². The van der Waals surface area contributed by atoms with Crippen molar-refractivity contribution >= 4 is 6.03 Å². The number of aryl methyl sites for hydroxylation is 1. The summed E-state index contributed by atoms with van der Waals surface area (Å²) in [5.74, 6) is 0. The molecule has 27 heavy (non-hydrogen) atoms. The Hall–Kier alpha value is -1.55. The number of fused-ring (bicyclic) bond motifs is 2. The Balaban J connectivity index is 1.32. The standard InChI is InChI=1S/C23H35N3O/c1-17-10-12-18(13-11-17)16-26-21-8-5-9-22(26)15-20(14-21)25-23(27)24-19-6-3-2-4-7-19/h10-13,19-22H,2-9,14-16H2,1H3,(H2,24,25,27)/t20?,21-,22+. The molecule has 0 spiro atoms. The lowest BCUT2D eigenvalue weighted by Gasteiger charge is -2.49. The maximum atomic E-state index is 12.5. The van der Waals surface area contributed by atoms with Gasteiger partial charge in [0.25, 0.3) is 0 Å². The normalized spacial score (nSPS) is 29.3. The lowest BCUT2D eigenvalue weighted by Crippen LogP contribution is -2.58. The van der Waals surface area contributed by atoms with E-state index in [1.165, 1.54) is 49.7 Å². The molecule has 1 unspecified atom stereocenters. The van der Waals surface area contributed by atoms with E-state index in [0.29, 0.717) is 24.2 Å². The summed E-state index contributed by atoms with van der Waals surface area (Å²) in [6.07, 6.45) is 12.2. The maximum Gasteiger partial charge on any atom is 0.315 e. The van der Waals surface area contributed by atoms with Gasteiger partial charge in [0.1, 0.15) is 0 Å². The average Bonchev–Trinajstić information content (AvgIpc) is 2.65. The number of carbonyl (C=O) groups excluding carboxylic acids is 1. The van der Waals surface area contributed by atoms with Gasteiger partial charge >= 0.3 is 6.03 Å². The Morgan fingerprint density at radius 2 is 1.52 bits per heavy atom. The van der Waals surface area contributed by atoms with Crippen LogP contribution in [0.1, 0.15) is 75.3 Å². The molecular formula is C23H35N3O. The molecule has 3 aliphatic rings. The molecule has 1 aromatic rings. The predicted molar refractivity (Wildman–Crippen MR) is 110 cm³/mol. The molecular weight excluding hydrogens is 334 g/mol. The molecule has 2 saturated heterocycles. The fourth-order valence-corrected chi connectivity index (χ4v) is 5.42. The van der Waals surface area contributed by atoms with Crippen LogP contribution in [0, 0.1) is 6.92 Å². The van der Waals surface area contributed by atoms with Crippen LogP contribution in [0.4, 0.5) is 4.79 Å². The van der Waals surface area contributed by atoms with E-state index in [-0.39, 0.29) is 6.03 Å². The molecule has 0 radical (unpaired) electrons. The van der Waals surface area contributed by atoms with Gasteiger partial charge in [-0.3, -0.25) is 4.90 Å². The smallest absolute Gasteiger partial charge is 0.315 e. The van der Waals surface area contributed by atoms with Crippen LogP contribution in [0.3, 0.4) is 0 Å². The third-order valence-corrected chi connectivity index (χ3v) is 6.89. The number of nitrogens with zero attached hydrogens (tertiary/aromatic N) is 1. The Bertz CT molecular complexity index is 609. The topological polar surface area (TPSA) is 44.4 Å². The number of carbonyl (C=O) groups is 1. The number of rotatable bonds is 4. The van der Waals surface area contributed by atoms with Crippen molar-refractivity contribution in [1.29, 1.82) is 0 Å². The van der Waals surface area contributed by atoms with Gasteiger partial charge in [-0.05, 0) is 51.0 Å². The molecule has 1 saturated carbocycles. The molecule has 4 heteroatoms. The van der Waals surface area contributed by atoms with Gasteiger partial charge in [0.05, 0.1) is 0 Å². The molecule has 3 fully saturated rings. The Morgan fingerprint density at radius 1 is 0.889 bits per heavy atom. The quantitative estimate of drug-likeness (QED) is 0.820. The molecule has 4 rings (SSSR count). The second-order valence-corrected chi connectivity index (χ2v) is 9.02. The van der Waals surface area contributed by atoms with Gasteiger partial charge in [0.15, 0.2) is 0 Å². The largest absolute Gasteiger partial charge is 0.335 e. The van der Waals surface area contributed by atoms with Crippen LogP contribution in [-0.2, 0) is 6.54 Å². The van der Waals surface area contributed by atoms with E-state index >= 15 is 0 Å². The van der Waals surface area contributed by atoms with E-state index in [2.05, 4.69) is 46.7 Å². The van der Waals surface area contributed by atoms with Crippen LogP contribution in [0.5, 0.6) is 0 Å². The molecule has 148 valence electrons. The van der Waals surface area contributed by atoms with E-state index in [9.17, 15) is 4.79 Å². The lowest BCUT2D eigenvalue weighted by molar-refractivity contribution is 0.0196. The van der Waals surface area contributed by atoms with E-state index in [0.717, 1.165) is 32.2 Å². The van der Waals surface area contributed by atoms with Crippen molar-refractivity contribution < 1.29 is 4.79 Å². The fraction of sp³-hybridized carbons (Fsp3) is 0.696. The second kappa shape index (κ2) is 8.64. The van der Waals surface area contributed by atoms with Crippen molar-refractivity contribution in [1.82, 2.24) is 15.5 Å². The summed E-state index contributed by atoms with van der Waals surface area (Å²) in [6, 6.07) is 11.0. The molecule has 2 bridgehead atoms. The zero-order valence-electron chi connectivity index (χ0n) is 16.8. The summed E-state index contributed by atoms with van der Waals surface area (Å²) in [4.78, 5) is 15.2. The van der Waals surface area contributed by atoms with E-state index < -0.39 is 0 Å². The third kappa shape index (κ3) is 4.84. The molecule has 1 aromatic carbocycles. The van der Waals surface area contributed by atoms with Crippen molar-refractivity contribution in [3.63, 3.8) is 0 Å². The van der Waals surface area contributed by atoms with Crippen LogP contribution in [0.25, 0.3) is 0 Å². The molecule has 0 aromatic heterocycles. The first-order valence-electron chi connectivity index (χ1n) is 11.1. The van der Waals surface area contributed by atoms with Crippen molar-refractivity contribution in [2.24, 2.45) is 0 Å². The minimum absolute atomic E-state index is 0.0666. The van der Waals surface area contributed by atoms with Gasteiger partial charge in [-0.1, -0.05) is 55.5 Å². The molecule has 4 nitrogen and oxygen atoms in total. The summed E-state index contributed by atoms with van der Waals surface area (Å²) in [7, 11) is 0. The van der Waals surface area contributed by atoms with E-state index in [4.69, 9.17) is 0 Å². The monoisotopic (exact) mass is 369 g/mol. The molecule has 2 N–H and O–H groups in total. The molecule has 1 aliphatic carbocycles. The summed E-state index contributed by atoms with van der Waals surface area (Å²) < 4.78 is 0. The highest BCUT2D eigenvalue weighted by molar-refractivity contribution is 5.74. The zero-order chi connectivity index (χ0) is 18.6. The van der Waals surface area contributed by atoms with Gasteiger partial charge in [-0.15, -0.1) is 0 Å². The first-order chi connectivity index (χ1) is 13.2. The number of piperidine rings is 2. The Kier molecular flexibility index (Phi) is 6.01. The Labute approximate surface area is 164 Å². The predicted octanol–water partition coefficient (Wildman–Crippen LogP) is 4.51. The van der Waals surface area contributed by atoms with Crippen molar-refractivity contribution in [3.8, 4) is 0 Å². The molecule has 3 atom stereocenters.